The van der Waals surface area contributed by atoms with Gasteiger partial charge in [0, 0.05) is 12.2 Å². The average molecular weight is 373 g/mol. The summed E-state index contributed by atoms with van der Waals surface area (Å²) < 4.78 is 38.7. The van der Waals surface area contributed by atoms with Crippen LogP contribution in [0.4, 0.5) is 18.3 Å². The standard InChI is InChI=1S/C14H10F3N3O2S2/c15-14(16,17)9-6-10(21)20(11(9)22)12-18-19-13(24-12)23-7-8-4-2-1-3-5-8/h1-5,9H,6-7H2. The topological polar surface area (TPSA) is 63.2 Å². The number of hydrogen-bond donors (Lipinski definition) is 0. The molecule has 1 aromatic carbocycles. The Morgan fingerprint density at radius 3 is 2.54 bits per heavy atom. The zero-order valence-corrected chi connectivity index (χ0v) is 13.6. The van der Waals surface area contributed by atoms with E-state index in [-0.39, 0.29) is 5.13 Å². The van der Waals surface area contributed by atoms with Gasteiger partial charge in [0.2, 0.25) is 16.9 Å². The molecule has 2 heterocycles. The van der Waals surface area contributed by atoms with E-state index >= 15 is 0 Å². The van der Waals surface area contributed by atoms with Crippen molar-refractivity contribution >= 4 is 40.0 Å². The second-order valence-corrected chi connectivity index (χ2v) is 7.17. The molecule has 1 unspecified atom stereocenters. The first-order valence-corrected chi connectivity index (χ1v) is 8.60. The zero-order valence-electron chi connectivity index (χ0n) is 12.0. The van der Waals surface area contributed by atoms with Crippen LogP contribution in [0.2, 0.25) is 0 Å². The van der Waals surface area contributed by atoms with Gasteiger partial charge in [0.1, 0.15) is 5.92 Å². The summed E-state index contributed by atoms with van der Waals surface area (Å²) in [7, 11) is 0. The van der Waals surface area contributed by atoms with Gasteiger partial charge in [-0.25, -0.2) is 4.90 Å². The van der Waals surface area contributed by atoms with Crippen molar-refractivity contribution in [3.8, 4) is 0 Å². The lowest BCUT2D eigenvalue weighted by Crippen LogP contribution is -2.34. The van der Waals surface area contributed by atoms with E-state index in [1.165, 1.54) is 11.8 Å². The van der Waals surface area contributed by atoms with Crippen LogP contribution in [-0.2, 0) is 15.3 Å². The molecule has 1 atom stereocenters. The Kier molecular flexibility index (Phi) is 4.59. The number of anilines is 1. The molecule has 0 saturated carbocycles. The van der Waals surface area contributed by atoms with E-state index in [0.717, 1.165) is 16.9 Å². The van der Waals surface area contributed by atoms with Gasteiger partial charge in [-0.1, -0.05) is 53.4 Å². The lowest BCUT2D eigenvalue weighted by atomic mass is 10.1. The van der Waals surface area contributed by atoms with Crippen LogP contribution >= 0.6 is 23.1 Å². The summed E-state index contributed by atoms with van der Waals surface area (Å²) in [6.07, 6.45) is -5.62. The third-order valence-electron chi connectivity index (χ3n) is 3.33. The van der Waals surface area contributed by atoms with Gasteiger partial charge < -0.3 is 0 Å². The van der Waals surface area contributed by atoms with E-state index in [2.05, 4.69) is 10.2 Å². The predicted octanol–water partition coefficient (Wildman–Crippen LogP) is 3.27. The Morgan fingerprint density at radius 2 is 1.92 bits per heavy atom. The van der Waals surface area contributed by atoms with Crippen molar-refractivity contribution in [1.29, 1.82) is 0 Å². The van der Waals surface area contributed by atoms with Crippen LogP contribution in [0, 0.1) is 5.92 Å². The minimum absolute atomic E-state index is 0.118. The molecular formula is C14H10F3N3O2S2. The highest BCUT2D eigenvalue weighted by molar-refractivity contribution is 8.00. The Hall–Kier alpha value is -1.94. The fourth-order valence-corrected chi connectivity index (χ4v) is 3.98. The molecule has 2 aromatic rings. The molecule has 0 N–H and O–H groups in total. The van der Waals surface area contributed by atoms with E-state index in [4.69, 9.17) is 0 Å². The first-order valence-electron chi connectivity index (χ1n) is 6.80. The number of hydrogen-bond acceptors (Lipinski definition) is 6. The Labute approximate surface area is 142 Å². The summed E-state index contributed by atoms with van der Waals surface area (Å²) in [6.45, 7) is 0. The van der Waals surface area contributed by atoms with Gasteiger partial charge >= 0.3 is 6.18 Å². The van der Waals surface area contributed by atoms with E-state index in [0.29, 0.717) is 15.0 Å². The molecule has 2 amide bonds. The van der Waals surface area contributed by atoms with E-state index < -0.39 is 30.3 Å². The molecule has 1 aliphatic rings. The fraction of sp³-hybridized carbons (Fsp3) is 0.286. The quantitative estimate of drug-likeness (QED) is 0.468. The number of amides is 2. The molecule has 0 aliphatic carbocycles. The highest BCUT2D eigenvalue weighted by Crippen LogP contribution is 2.39. The van der Waals surface area contributed by atoms with Crippen molar-refractivity contribution in [2.75, 3.05) is 4.90 Å². The molecule has 0 radical (unpaired) electrons. The summed E-state index contributed by atoms with van der Waals surface area (Å²) in [5.74, 6) is -3.89. The van der Waals surface area contributed by atoms with Gasteiger partial charge in [0.15, 0.2) is 4.34 Å². The highest BCUT2D eigenvalue weighted by Gasteiger charge is 2.54. The Morgan fingerprint density at radius 1 is 1.21 bits per heavy atom. The number of imide groups is 1. The number of nitrogens with zero attached hydrogens (tertiary/aromatic N) is 3. The summed E-state index contributed by atoms with van der Waals surface area (Å²) in [6, 6.07) is 9.52. The molecule has 1 aliphatic heterocycles. The normalized spacial score (nSPS) is 18.5. The second-order valence-electron chi connectivity index (χ2n) is 4.99. The number of thioether (sulfide) groups is 1. The van der Waals surface area contributed by atoms with Crippen LogP contribution in [0.15, 0.2) is 34.7 Å². The van der Waals surface area contributed by atoms with Crippen LogP contribution in [-0.4, -0.2) is 28.2 Å². The zero-order chi connectivity index (χ0) is 17.3. The number of carbonyl (C=O) groups excluding carboxylic acids is 2. The number of aromatic nitrogens is 2. The van der Waals surface area contributed by atoms with E-state index in [1.807, 2.05) is 30.3 Å². The summed E-state index contributed by atoms with van der Waals surface area (Å²) in [5.41, 5.74) is 1.05. The number of rotatable bonds is 4. The number of alkyl halides is 3. The number of halogens is 3. The van der Waals surface area contributed by atoms with Gasteiger partial charge in [0.05, 0.1) is 0 Å². The lowest BCUT2D eigenvalue weighted by Gasteiger charge is -2.12. The molecule has 3 rings (SSSR count). The van der Waals surface area contributed by atoms with Crippen LogP contribution in [0.25, 0.3) is 0 Å². The maximum atomic E-state index is 12.8. The molecule has 5 nitrogen and oxygen atoms in total. The maximum absolute atomic E-state index is 12.8. The van der Waals surface area contributed by atoms with Gasteiger partial charge in [-0.15, -0.1) is 10.2 Å². The molecule has 0 spiro atoms. The van der Waals surface area contributed by atoms with Crippen LogP contribution in [0.1, 0.15) is 12.0 Å². The smallest absolute Gasteiger partial charge is 0.274 e. The monoisotopic (exact) mass is 373 g/mol. The summed E-state index contributed by atoms with van der Waals surface area (Å²) in [5, 5.41) is 7.41. The molecule has 1 fully saturated rings. The van der Waals surface area contributed by atoms with Crippen LogP contribution in [0.5, 0.6) is 0 Å². The van der Waals surface area contributed by atoms with Crippen molar-refractivity contribution in [2.45, 2.75) is 22.7 Å². The van der Waals surface area contributed by atoms with Crippen molar-refractivity contribution in [3.05, 3.63) is 35.9 Å². The molecular weight excluding hydrogens is 363 g/mol. The predicted molar refractivity (Wildman–Crippen MR) is 82.6 cm³/mol. The molecule has 24 heavy (non-hydrogen) atoms. The number of carbonyl (C=O) groups is 2. The van der Waals surface area contributed by atoms with Crippen molar-refractivity contribution < 1.29 is 22.8 Å². The summed E-state index contributed by atoms with van der Waals surface area (Å²) >= 11 is 2.26. The minimum Gasteiger partial charge on any atom is -0.274 e. The summed E-state index contributed by atoms with van der Waals surface area (Å²) in [4.78, 5) is 24.1. The first kappa shape index (κ1) is 16.9. The molecule has 1 aromatic heterocycles. The van der Waals surface area contributed by atoms with Crippen molar-refractivity contribution in [2.24, 2.45) is 5.92 Å². The van der Waals surface area contributed by atoms with Crippen molar-refractivity contribution in [3.63, 3.8) is 0 Å². The SMILES string of the molecule is O=C1CC(C(F)(F)F)C(=O)N1c1nnc(SCc2ccccc2)s1. The molecule has 10 heteroatoms. The molecule has 0 bridgehead atoms. The Balaban J connectivity index is 1.71. The maximum Gasteiger partial charge on any atom is 0.401 e. The van der Waals surface area contributed by atoms with Crippen molar-refractivity contribution in [1.82, 2.24) is 10.2 Å². The van der Waals surface area contributed by atoms with Gasteiger partial charge in [-0.3, -0.25) is 9.59 Å². The number of benzene rings is 1. The van der Waals surface area contributed by atoms with E-state index in [9.17, 15) is 22.8 Å². The third kappa shape index (κ3) is 3.44. The average Bonchev–Trinajstić information content (AvgIpc) is 3.10. The largest absolute Gasteiger partial charge is 0.401 e. The highest BCUT2D eigenvalue weighted by atomic mass is 32.2. The van der Waals surface area contributed by atoms with E-state index in [1.54, 1.807) is 0 Å². The van der Waals surface area contributed by atoms with Gasteiger partial charge in [0.25, 0.3) is 0 Å². The van der Waals surface area contributed by atoms with Gasteiger partial charge in [-0.05, 0) is 5.56 Å². The van der Waals surface area contributed by atoms with Crippen LogP contribution in [0.3, 0.4) is 0 Å². The Bertz CT molecular complexity index is 764. The van der Waals surface area contributed by atoms with Crippen LogP contribution < -0.4 is 4.90 Å². The minimum atomic E-state index is -4.74. The van der Waals surface area contributed by atoms with Gasteiger partial charge in [-0.2, -0.15) is 13.2 Å². The third-order valence-corrected chi connectivity index (χ3v) is 5.45. The first-order chi connectivity index (χ1) is 11.4. The fourth-order valence-electron chi connectivity index (χ4n) is 2.16. The lowest BCUT2D eigenvalue weighted by molar-refractivity contribution is -0.178. The molecule has 126 valence electrons. The molecule has 1 saturated heterocycles. The second kappa shape index (κ2) is 6.52.